The molecule has 43 heavy (non-hydrogen) atoms. The number of carbonyl (C=O) groups excluding carboxylic acids is 1. The number of rotatable bonds is 8. The van der Waals surface area contributed by atoms with E-state index in [1.54, 1.807) is 23.6 Å². The van der Waals surface area contributed by atoms with Crippen LogP contribution < -0.4 is 10.1 Å². The number of hydrogen-bond acceptors (Lipinski definition) is 8. The van der Waals surface area contributed by atoms with Gasteiger partial charge in [-0.1, -0.05) is 17.7 Å². The number of ether oxygens (including phenoxy) is 1. The molecule has 1 amide bonds. The number of pyridine rings is 1. The molecule has 0 unspecified atom stereocenters. The minimum Gasteiger partial charge on any atom is -0.494 e. The van der Waals surface area contributed by atoms with Gasteiger partial charge >= 0.3 is 0 Å². The molecule has 13 heteroatoms. The fourth-order valence-corrected chi connectivity index (χ4v) is 6.47. The molecule has 0 aliphatic rings. The van der Waals surface area contributed by atoms with E-state index in [1.165, 1.54) is 38.4 Å². The first-order chi connectivity index (χ1) is 20.2. The molecule has 5 aromatic rings. The Hall–Kier alpha value is -3.55. The molecule has 3 N–H and O–H groups in total. The number of fused-ring (bicyclic) bond motifs is 1. The highest BCUT2D eigenvalue weighted by Gasteiger charge is 2.38. The van der Waals surface area contributed by atoms with Crippen molar-refractivity contribution < 1.29 is 32.9 Å². The zero-order valence-corrected chi connectivity index (χ0v) is 25.6. The number of nitrogens with zero attached hydrogens (tertiary/aromatic N) is 2. The number of nitrogens with one attached hydrogen (secondary N) is 1. The molecule has 3 aromatic heterocycles. The van der Waals surface area contributed by atoms with Crippen LogP contribution in [0.1, 0.15) is 45.3 Å². The molecule has 5 rings (SSSR count). The van der Waals surface area contributed by atoms with Gasteiger partial charge < -0.3 is 20.3 Å². The summed E-state index contributed by atoms with van der Waals surface area (Å²) >= 11 is 8.41. The van der Waals surface area contributed by atoms with Gasteiger partial charge in [0.15, 0.2) is 11.4 Å². The van der Waals surface area contributed by atoms with Gasteiger partial charge in [-0.25, -0.2) is 23.1 Å². The number of hydrogen-bond donors (Lipinski definition) is 3. The van der Waals surface area contributed by atoms with Crippen LogP contribution in [0.4, 0.5) is 13.2 Å². The number of aliphatic hydroxyl groups is 2. The Morgan fingerprint density at radius 1 is 1.09 bits per heavy atom. The average Bonchev–Trinajstić information content (AvgIpc) is 3.62. The second-order valence-corrected chi connectivity index (χ2v) is 12.9. The molecule has 0 radical (unpaired) electrons. The Morgan fingerprint density at radius 2 is 1.84 bits per heavy atom. The van der Waals surface area contributed by atoms with Gasteiger partial charge in [0.1, 0.15) is 28.6 Å². The smallest absolute Gasteiger partial charge is 0.251 e. The summed E-state index contributed by atoms with van der Waals surface area (Å²) in [5.74, 6) is -3.44. The number of aryl methyl sites for hydroxylation is 1. The predicted octanol–water partition coefficient (Wildman–Crippen LogP) is 6.70. The highest BCUT2D eigenvalue weighted by Crippen LogP contribution is 2.39. The summed E-state index contributed by atoms with van der Waals surface area (Å²) in [7, 11) is 1.47. The van der Waals surface area contributed by atoms with Crippen LogP contribution in [-0.2, 0) is 11.2 Å². The van der Waals surface area contributed by atoms with E-state index in [2.05, 4.69) is 15.3 Å². The lowest BCUT2D eigenvalue weighted by molar-refractivity contribution is 0.0644. The second-order valence-electron chi connectivity index (χ2n) is 10.3. The zero-order chi connectivity index (χ0) is 31.3. The van der Waals surface area contributed by atoms with Crippen LogP contribution >= 0.6 is 34.3 Å². The molecular formula is C30H25ClF3N3O4S2. The lowest BCUT2D eigenvalue weighted by Crippen LogP contribution is -2.42. The maximum atomic E-state index is 15.8. The van der Waals surface area contributed by atoms with Gasteiger partial charge in [-0.2, -0.15) is 0 Å². The minimum absolute atomic E-state index is 0.199. The quantitative estimate of drug-likeness (QED) is 0.162. The van der Waals surface area contributed by atoms with Crippen LogP contribution in [-0.4, -0.2) is 39.7 Å². The largest absolute Gasteiger partial charge is 0.494 e. The number of halogens is 4. The Labute approximate surface area is 257 Å². The number of benzene rings is 2. The second kappa shape index (κ2) is 11.5. The van der Waals surface area contributed by atoms with Gasteiger partial charge in [-0.3, -0.25) is 4.79 Å². The van der Waals surface area contributed by atoms with Crippen LogP contribution in [0.3, 0.4) is 0 Å². The summed E-state index contributed by atoms with van der Waals surface area (Å²) in [6.07, 6.45) is 0. The van der Waals surface area contributed by atoms with Crippen LogP contribution in [0.2, 0.25) is 5.02 Å². The molecule has 2 aromatic carbocycles. The third kappa shape index (κ3) is 5.85. The number of carbonyl (C=O) groups is 1. The van der Waals surface area contributed by atoms with E-state index in [0.29, 0.717) is 22.2 Å². The van der Waals surface area contributed by atoms with E-state index in [0.717, 1.165) is 33.2 Å². The molecule has 0 saturated carbocycles. The highest BCUT2D eigenvalue weighted by molar-refractivity contribution is 7.18. The Bertz CT molecular complexity index is 1860. The summed E-state index contributed by atoms with van der Waals surface area (Å²) in [4.78, 5) is 22.4. The highest BCUT2D eigenvalue weighted by atomic mass is 35.5. The van der Waals surface area contributed by atoms with Crippen LogP contribution in [0, 0.1) is 24.4 Å². The van der Waals surface area contributed by atoms with Gasteiger partial charge in [-0.15, -0.1) is 22.7 Å². The topological polar surface area (TPSA) is 105 Å². The van der Waals surface area contributed by atoms with Crippen LogP contribution in [0.25, 0.3) is 21.5 Å². The molecule has 1 atom stereocenters. The molecule has 0 aliphatic carbocycles. The molecule has 0 saturated heterocycles. The van der Waals surface area contributed by atoms with E-state index in [4.69, 9.17) is 16.3 Å². The van der Waals surface area contributed by atoms with Crippen molar-refractivity contribution in [3.63, 3.8) is 0 Å². The number of amides is 1. The number of thiophene rings is 1. The molecule has 0 spiro atoms. The maximum absolute atomic E-state index is 15.8. The van der Waals surface area contributed by atoms with Gasteiger partial charge in [0.2, 0.25) is 0 Å². The molecular weight excluding hydrogens is 623 g/mol. The van der Waals surface area contributed by atoms with Gasteiger partial charge in [0.25, 0.3) is 5.91 Å². The molecule has 224 valence electrons. The van der Waals surface area contributed by atoms with Gasteiger partial charge in [0, 0.05) is 27.6 Å². The normalized spacial score (nSPS) is 13.3. The molecule has 7 nitrogen and oxygen atoms in total. The van der Waals surface area contributed by atoms with Crippen molar-refractivity contribution in [3.8, 4) is 17.0 Å². The predicted molar refractivity (Wildman–Crippen MR) is 160 cm³/mol. The third-order valence-electron chi connectivity index (χ3n) is 6.79. The fourth-order valence-electron chi connectivity index (χ4n) is 4.59. The first-order valence-corrected chi connectivity index (χ1v) is 14.9. The zero-order valence-electron chi connectivity index (χ0n) is 23.3. The number of methoxy groups -OCH3 is 1. The lowest BCUT2D eigenvalue weighted by atomic mass is 9.89. The van der Waals surface area contributed by atoms with Crippen LogP contribution in [0.15, 0.2) is 47.8 Å². The minimum atomic E-state index is -2.07. The Morgan fingerprint density at radius 3 is 2.49 bits per heavy atom. The van der Waals surface area contributed by atoms with E-state index in [9.17, 15) is 23.8 Å². The summed E-state index contributed by atoms with van der Waals surface area (Å²) in [5.41, 5.74) is -4.61. The van der Waals surface area contributed by atoms with E-state index < -0.39 is 57.4 Å². The van der Waals surface area contributed by atoms with Crippen molar-refractivity contribution in [3.05, 3.63) is 97.0 Å². The molecule has 0 aliphatic heterocycles. The van der Waals surface area contributed by atoms with E-state index in [-0.39, 0.29) is 16.8 Å². The van der Waals surface area contributed by atoms with Gasteiger partial charge in [0.05, 0.1) is 39.7 Å². The van der Waals surface area contributed by atoms with E-state index in [1.807, 2.05) is 6.92 Å². The van der Waals surface area contributed by atoms with Crippen molar-refractivity contribution >= 4 is 50.4 Å². The monoisotopic (exact) mass is 647 g/mol. The Balaban J connectivity index is 1.62. The summed E-state index contributed by atoms with van der Waals surface area (Å²) in [6.45, 7) is 4.01. The maximum Gasteiger partial charge on any atom is 0.251 e. The van der Waals surface area contributed by atoms with Gasteiger partial charge in [-0.05, 0) is 56.5 Å². The van der Waals surface area contributed by atoms with Crippen LogP contribution in [0.5, 0.6) is 5.75 Å². The first kappa shape index (κ1) is 30.9. The summed E-state index contributed by atoms with van der Waals surface area (Å²) in [6, 6.07) is 8.98. The average molecular weight is 648 g/mol. The standard InChI is InChI=1S/C30H25ClF3N3O4S2/c1-14-36-27-21(41-4)8-15(9-22(27)43-14)28(38)35-13-30(40,24-6-5-7-42-24)23-11-17(29(2,3)39)25(34)26(37-23)16-10-18(31)20(33)12-19(16)32/h5-12,39-40H,13H2,1-4H3,(H,35,38)/t30-/m0/s1. The van der Waals surface area contributed by atoms with E-state index >= 15 is 4.39 Å². The number of aromatic nitrogens is 2. The summed E-state index contributed by atoms with van der Waals surface area (Å²) in [5, 5.41) is 27.7. The van der Waals surface area contributed by atoms with Crippen molar-refractivity contribution in [2.75, 3.05) is 13.7 Å². The van der Waals surface area contributed by atoms with Crippen molar-refractivity contribution in [1.29, 1.82) is 0 Å². The molecule has 0 bridgehead atoms. The van der Waals surface area contributed by atoms with Crippen molar-refractivity contribution in [2.24, 2.45) is 0 Å². The number of thiazole rings is 1. The fraction of sp³-hybridized carbons (Fsp3) is 0.233. The molecule has 0 fully saturated rings. The van der Waals surface area contributed by atoms with Crippen molar-refractivity contribution in [1.82, 2.24) is 15.3 Å². The molecule has 3 heterocycles. The third-order valence-corrected chi connectivity index (χ3v) is 9.02. The lowest BCUT2D eigenvalue weighted by Gasteiger charge is -2.30. The summed E-state index contributed by atoms with van der Waals surface area (Å²) < 4.78 is 50.9. The SMILES string of the molecule is COc1cc(C(=O)NC[C@](O)(c2cc(C(C)(C)O)c(F)c(-c3cc(Cl)c(F)cc3F)n2)c2cccs2)cc2sc(C)nc12. The first-order valence-electron chi connectivity index (χ1n) is 12.8. The Kier molecular flexibility index (Phi) is 8.27. The van der Waals surface area contributed by atoms with Crippen molar-refractivity contribution in [2.45, 2.75) is 32.0 Å².